The summed E-state index contributed by atoms with van der Waals surface area (Å²) >= 11 is 7.61. The molecule has 0 atom stereocenters. The third-order valence-electron chi connectivity index (χ3n) is 6.16. The van der Waals surface area contributed by atoms with Crippen molar-refractivity contribution in [1.82, 2.24) is 18.7 Å². The molecule has 0 saturated carbocycles. The molecule has 0 amide bonds. The van der Waals surface area contributed by atoms with Crippen molar-refractivity contribution in [1.29, 1.82) is 0 Å². The zero-order valence-corrected chi connectivity index (χ0v) is 22.2. The number of imidazole rings is 1. The fraction of sp³-hybridized carbons (Fsp3) is 0.280. The molecule has 1 aliphatic rings. The Morgan fingerprint density at radius 1 is 1.11 bits per heavy atom. The summed E-state index contributed by atoms with van der Waals surface area (Å²) in [4.78, 5) is 11.8. The van der Waals surface area contributed by atoms with Gasteiger partial charge in [0.1, 0.15) is 11.5 Å². The van der Waals surface area contributed by atoms with Crippen molar-refractivity contribution in [3.05, 3.63) is 70.5 Å². The van der Waals surface area contributed by atoms with E-state index in [1.807, 2.05) is 48.8 Å². The Labute approximate surface area is 214 Å². The largest absolute Gasteiger partial charge is 0.305 e. The molecule has 0 N–H and O–H groups in total. The second kappa shape index (κ2) is 9.29. The average Bonchev–Trinajstić information content (AvgIpc) is 3.48. The molecule has 0 bridgehead atoms. The summed E-state index contributed by atoms with van der Waals surface area (Å²) in [6.07, 6.45) is 7.46. The fourth-order valence-corrected chi connectivity index (χ4v) is 6.04. The molecule has 35 heavy (non-hydrogen) atoms. The van der Waals surface area contributed by atoms with E-state index in [1.165, 1.54) is 10.6 Å². The van der Waals surface area contributed by atoms with Gasteiger partial charge in [0.25, 0.3) is 0 Å². The summed E-state index contributed by atoms with van der Waals surface area (Å²) in [5.41, 5.74) is 5.72. The normalized spacial score (nSPS) is 14.4. The molecule has 5 rings (SSSR count). The molecule has 3 aromatic heterocycles. The number of hydrogen-bond donors (Lipinski definition) is 0. The van der Waals surface area contributed by atoms with Gasteiger partial charge < -0.3 is 4.90 Å². The lowest BCUT2D eigenvalue weighted by Gasteiger charge is -2.25. The van der Waals surface area contributed by atoms with Crippen LogP contribution < -0.4 is 4.90 Å². The maximum absolute atomic E-state index is 12.1. The van der Waals surface area contributed by atoms with Gasteiger partial charge in [0.05, 0.1) is 17.6 Å². The van der Waals surface area contributed by atoms with Gasteiger partial charge in [-0.1, -0.05) is 30.7 Å². The minimum absolute atomic E-state index is 0.517. The van der Waals surface area contributed by atoms with Gasteiger partial charge in [-0.2, -0.15) is 0 Å². The Balaban J connectivity index is 1.55. The molecular weight excluding hydrogens is 502 g/mol. The number of anilines is 2. The van der Waals surface area contributed by atoms with Crippen LogP contribution in [0, 0.1) is 0 Å². The Bertz CT molecular complexity index is 1520. The van der Waals surface area contributed by atoms with E-state index >= 15 is 0 Å². The van der Waals surface area contributed by atoms with Gasteiger partial charge in [-0.15, -0.1) is 11.3 Å². The molecule has 0 radical (unpaired) electrons. The number of halogens is 1. The van der Waals surface area contributed by atoms with Crippen LogP contribution in [-0.2, 0) is 16.4 Å². The molecule has 1 aromatic carbocycles. The number of hydrogen-bond acceptors (Lipinski definition) is 6. The highest BCUT2D eigenvalue weighted by Crippen LogP contribution is 2.35. The van der Waals surface area contributed by atoms with E-state index in [0.717, 1.165) is 63.9 Å². The molecule has 4 heterocycles. The highest BCUT2D eigenvalue weighted by molar-refractivity contribution is 7.88. The third-order valence-corrected chi connectivity index (χ3v) is 8.46. The van der Waals surface area contributed by atoms with Crippen LogP contribution in [0.5, 0.6) is 0 Å². The number of sulfonamides is 1. The predicted molar refractivity (Wildman–Crippen MR) is 144 cm³/mol. The SMILES string of the molecule is CCc1nc2ccc(C3=CN(S(C)(=O)=O)CCC3)cn2c1N(C)c1nc(-c2ccc(Cl)cc2)cs1. The summed E-state index contributed by atoms with van der Waals surface area (Å²) in [5, 5.41) is 3.60. The minimum Gasteiger partial charge on any atom is -0.305 e. The van der Waals surface area contributed by atoms with E-state index in [4.69, 9.17) is 21.6 Å². The van der Waals surface area contributed by atoms with Crippen molar-refractivity contribution in [2.45, 2.75) is 26.2 Å². The highest BCUT2D eigenvalue weighted by Gasteiger charge is 2.22. The van der Waals surface area contributed by atoms with Crippen molar-refractivity contribution in [2.24, 2.45) is 0 Å². The lowest BCUT2D eigenvalue weighted by Crippen LogP contribution is -2.28. The quantitative estimate of drug-likeness (QED) is 0.315. The molecule has 182 valence electrons. The third kappa shape index (κ3) is 4.68. The number of aryl methyl sites for hydroxylation is 1. The second-order valence-electron chi connectivity index (χ2n) is 8.59. The molecule has 0 fully saturated rings. The number of fused-ring (bicyclic) bond motifs is 1. The fourth-order valence-electron chi connectivity index (χ4n) is 4.33. The van der Waals surface area contributed by atoms with Gasteiger partial charge in [0.15, 0.2) is 5.13 Å². The first-order valence-electron chi connectivity index (χ1n) is 11.4. The van der Waals surface area contributed by atoms with Crippen molar-refractivity contribution >= 4 is 55.1 Å². The molecule has 0 saturated heterocycles. The first-order chi connectivity index (χ1) is 16.7. The highest BCUT2D eigenvalue weighted by atomic mass is 35.5. The van der Waals surface area contributed by atoms with Gasteiger partial charge in [-0.25, -0.2) is 18.4 Å². The Kier molecular flexibility index (Phi) is 6.33. The predicted octanol–water partition coefficient (Wildman–Crippen LogP) is 5.84. The lowest BCUT2D eigenvalue weighted by molar-refractivity contribution is 0.485. The standard InChI is InChI=1S/C25H26ClN5O2S2/c1-4-21-24(29(2)25-28-22(16-34-25)17-7-10-20(26)11-8-17)31-15-19(9-12-23(31)27-21)18-6-5-13-30(14-18)35(3,32)33/h7-12,14-16H,4-6,13H2,1-3H3. The van der Waals surface area contributed by atoms with Crippen LogP contribution in [0.15, 0.2) is 54.2 Å². The van der Waals surface area contributed by atoms with Crippen LogP contribution >= 0.6 is 22.9 Å². The maximum atomic E-state index is 12.1. The van der Waals surface area contributed by atoms with Crippen LogP contribution in [-0.4, -0.2) is 46.9 Å². The van der Waals surface area contributed by atoms with Crippen LogP contribution in [0.1, 0.15) is 31.0 Å². The molecule has 0 aliphatic carbocycles. The van der Waals surface area contributed by atoms with Crippen LogP contribution in [0.3, 0.4) is 0 Å². The summed E-state index contributed by atoms with van der Waals surface area (Å²) in [5.74, 6) is 0.956. The zero-order valence-electron chi connectivity index (χ0n) is 19.8. The van der Waals surface area contributed by atoms with Crippen molar-refractivity contribution < 1.29 is 8.42 Å². The monoisotopic (exact) mass is 527 g/mol. The Morgan fingerprint density at radius 3 is 2.57 bits per heavy atom. The van der Waals surface area contributed by atoms with Crippen molar-refractivity contribution in [2.75, 3.05) is 24.7 Å². The first-order valence-corrected chi connectivity index (χ1v) is 14.5. The van der Waals surface area contributed by atoms with Gasteiger partial charge in [-0.05, 0) is 54.7 Å². The number of benzene rings is 1. The second-order valence-corrected chi connectivity index (χ2v) is 11.8. The maximum Gasteiger partial charge on any atom is 0.231 e. The molecule has 10 heteroatoms. The summed E-state index contributed by atoms with van der Waals surface area (Å²) in [7, 11) is -1.27. The number of aromatic nitrogens is 3. The first kappa shape index (κ1) is 23.8. The molecule has 7 nitrogen and oxygen atoms in total. The van der Waals surface area contributed by atoms with Crippen molar-refractivity contribution in [3.8, 4) is 11.3 Å². The number of thiazole rings is 1. The van der Waals surface area contributed by atoms with Crippen molar-refractivity contribution in [3.63, 3.8) is 0 Å². The van der Waals surface area contributed by atoms with Gasteiger partial charge >= 0.3 is 0 Å². The smallest absolute Gasteiger partial charge is 0.231 e. The Hall–Kier alpha value is -2.88. The molecule has 1 aliphatic heterocycles. The molecular formula is C25H26ClN5O2S2. The van der Waals surface area contributed by atoms with Crippen LogP contribution in [0.4, 0.5) is 10.9 Å². The van der Waals surface area contributed by atoms with Gasteiger partial charge in [0.2, 0.25) is 10.0 Å². The lowest BCUT2D eigenvalue weighted by atomic mass is 10.0. The van der Waals surface area contributed by atoms with E-state index < -0.39 is 10.0 Å². The zero-order chi connectivity index (χ0) is 24.7. The summed E-state index contributed by atoms with van der Waals surface area (Å²) < 4.78 is 27.7. The van der Waals surface area contributed by atoms with E-state index in [0.29, 0.717) is 11.6 Å². The molecule has 0 unspecified atom stereocenters. The summed E-state index contributed by atoms with van der Waals surface area (Å²) in [6.45, 7) is 2.61. The molecule has 4 aromatic rings. The Morgan fingerprint density at radius 2 is 1.86 bits per heavy atom. The van der Waals surface area contributed by atoms with E-state index in [-0.39, 0.29) is 0 Å². The average molecular weight is 528 g/mol. The topological polar surface area (TPSA) is 70.8 Å². The number of allylic oxidation sites excluding steroid dienone is 1. The number of nitrogens with zero attached hydrogens (tertiary/aromatic N) is 5. The van der Waals surface area contributed by atoms with E-state index in [1.54, 1.807) is 17.5 Å². The molecule has 0 spiro atoms. The van der Waals surface area contributed by atoms with E-state index in [2.05, 4.69) is 22.4 Å². The van der Waals surface area contributed by atoms with Crippen LogP contribution in [0.25, 0.3) is 22.5 Å². The number of pyridine rings is 1. The minimum atomic E-state index is -3.27. The van der Waals surface area contributed by atoms with Gasteiger partial charge in [-0.3, -0.25) is 8.71 Å². The van der Waals surface area contributed by atoms with E-state index in [9.17, 15) is 8.42 Å². The van der Waals surface area contributed by atoms with Gasteiger partial charge in [0, 0.05) is 42.0 Å². The number of rotatable bonds is 6. The van der Waals surface area contributed by atoms with Crippen LogP contribution in [0.2, 0.25) is 5.02 Å². The summed E-state index contributed by atoms with van der Waals surface area (Å²) in [6, 6.07) is 11.7.